The van der Waals surface area contributed by atoms with Crippen LogP contribution in [0.25, 0.3) is 0 Å². The van der Waals surface area contributed by atoms with Crippen LogP contribution >= 0.6 is 0 Å². The van der Waals surface area contributed by atoms with Crippen molar-refractivity contribution in [1.29, 1.82) is 0 Å². The molecule has 1 N–H and O–H groups in total. The van der Waals surface area contributed by atoms with E-state index in [0.29, 0.717) is 17.3 Å². The Balaban J connectivity index is 1.52. The van der Waals surface area contributed by atoms with E-state index in [9.17, 15) is 4.79 Å². The molecule has 3 aromatic carbocycles. The normalized spacial score (nSPS) is 18.0. The Hall–Kier alpha value is -3.80. The minimum absolute atomic E-state index is 0.212. The maximum absolute atomic E-state index is 12.5. The van der Waals surface area contributed by atoms with Crippen molar-refractivity contribution in [3.63, 3.8) is 0 Å². The molecular formula is C24H22N2O4. The molecule has 1 amide bonds. The van der Waals surface area contributed by atoms with Crippen molar-refractivity contribution in [2.24, 2.45) is 4.99 Å². The van der Waals surface area contributed by atoms with Gasteiger partial charge in [0.1, 0.15) is 18.4 Å². The standard InChI is InChI=1S/C24H22N2O4/c1-28-20-14-12-19(13-15-20)25-24(27)30-21-16-29-23(18-10-6-3-7-11-18)26-22(21)17-8-4-2-5-9-17/h2-15,21-22H,16H2,1H3,(H,25,27). The minimum atomic E-state index is -0.562. The molecule has 0 radical (unpaired) electrons. The van der Waals surface area contributed by atoms with E-state index in [2.05, 4.69) is 5.32 Å². The second-order valence-corrected chi connectivity index (χ2v) is 6.76. The summed E-state index contributed by atoms with van der Waals surface area (Å²) in [6, 6.07) is 26.1. The first-order valence-corrected chi connectivity index (χ1v) is 9.65. The summed E-state index contributed by atoms with van der Waals surface area (Å²) in [4.78, 5) is 17.3. The molecular weight excluding hydrogens is 380 g/mol. The van der Waals surface area contributed by atoms with Crippen LogP contribution in [0.2, 0.25) is 0 Å². The van der Waals surface area contributed by atoms with E-state index < -0.39 is 12.2 Å². The van der Waals surface area contributed by atoms with E-state index in [-0.39, 0.29) is 12.6 Å². The number of nitrogens with one attached hydrogen (secondary N) is 1. The van der Waals surface area contributed by atoms with Crippen LogP contribution in [0.3, 0.4) is 0 Å². The average molecular weight is 402 g/mol. The topological polar surface area (TPSA) is 69.2 Å². The van der Waals surface area contributed by atoms with Gasteiger partial charge in [-0.3, -0.25) is 5.32 Å². The molecule has 2 atom stereocenters. The molecule has 1 aliphatic rings. The number of methoxy groups -OCH3 is 1. The zero-order valence-corrected chi connectivity index (χ0v) is 16.5. The zero-order valence-electron chi connectivity index (χ0n) is 16.5. The molecule has 1 heterocycles. The number of carbonyl (C=O) groups is 1. The largest absolute Gasteiger partial charge is 0.497 e. The maximum Gasteiger partial charge on any atom is 0.412 e. The fraction of sp³-hybridized carbons (Fsp3) is 0.167. The van der Waals surface area contributed by atoms with Gasteiger partial charge in [0.15, 0.2) is 6.10 Å². The predicted molar refractivity (Wildman–Crippen MR) is 115 cm³/mol. The van der Waals surface area contributed by atoms with Crippen LogP contribution in [0.1, 0.15) is 17.2 Å². The smallest absolute Gasteiger partial charge is 0.412 e. The molecule has 0 saturated carbocycles. The molecule has 0 bridgehead atoms. The summed E-state index contributed by atoms with van der Waals surface area (Å²) in [6.07, 6.45) is -1.12. The van der Waals surface area contributed by atoms with Gasteiger partial charge < -0.3 is 14.2 Å². The van der Waals surface area contributed by atoms with Gasteiger partial charge in [0.2, 0.25) is 5.90 Å². The highest BCUT2D eigenvalue weighted by Crippen LogP contribution is 2.29. The SMILES string of the molecule is COc1ccc(NC(=O)OC2COC(c3ccccc3)=NC2c2ccccc2)cc1. The molecule has 0 aromatic heterocycles. The van der Waals surface area contributed by atoms with E-state index in [1.165, 1.54) is 0 Å². The summed E-state index contributed by atoms with van der Waals surface area (Å²) in [5, 5.41) is 2.73. The number of ether oxygens (including phenoxy) is 3. The van der Waals surface area contributed by atoms with Crippen LogP contribution in [0.5, 0.6) is 5.75 Å². The van der Waals surface area contributed by atoms with Gasteiger partial charge >= 0.3 is 6.09 Å². The third kappa shape index (κ3) is 4.60. The van der Waals surface area contributed by atoms with Crippen LogP contribution in [0.4, 0.5) is 10.5 Å². The van der Waals surface area contributed by atoms with Crippen LogP contribution < -0.4 is 10.1 Å². The molecule has 3 aromatic rings. The second kappa shape index (κ2) is 9.13. The van der Waals surface area contributed by atoms with E-state index in [0.717, 1.165) is 11.1 Å². The lowest BCUT2D eigenvalue weighted by atomic mass is 10.0. The van der Waals surface area contributed by atoms with Gasteiger partial charge in [-0.15, -0.1) is 0 Å². The predicted octanol–water partition coefficient (Wildman–Crippen LogP) is 4.83. The van der Waals surface area contributed by atoms with Crippen LogP contribution in [-0.4, -0.2) is 31.8 Å². The Morgan fingerprint density at radius 2 is 1.63 bits per heavy atom. The van der Waals surface area contributed by atoms with Crippen molar-refractivity contribution in [2.45, 2.75) is 12.1 Å². The van der Waals surface area contributed by atoms with Crippen molar-refractivity contribution in [1.82, 2.24) is 0 Å². The number of hydrogen-bond donors (Lipinski definition) is 1. The number of nitrogens with zero attached hydrogens (tertiary/aromatic N) is 1. The lowest BCUT2D eigenvalue weighted by Gasteiger charge is -2.30. The van der Waals surface area contributed by atoms with Gasteiger partial charge in [-0.1, -0.05) is 48.5 Å². The molecule has 0 spiro atoms. The van der Waals surface area contributed by atoms with Gasteiger partial charge in [-0.2, -0.15) is 0 Å². The van der Waals surface area contributed by atoms with Crippen LogP contribution in [0, 0.1) is 0 Å². The third-order valence-electron chi connectivity index (χ3n) is 4.75. The molecule has 0 aliphatic carbocycles. The molecule has 152 valence electrons. The van der Waals surface area contributed by atoms with Crippen molar-refractivity contribution in [3.8, 4) is 5.75 Å². The lowest BCUT2D eigenvalue weighted by Crippen LogP contribution is -2.36. The number of hydrogen-bond acceptors (Lipinski definition) is 5. The van der Waals surface area contributed by atoms with E-state index in [1.54, 1.807) is 31.4 Å². The van der Waals surface area contributed by atoms with E-state index in [1.807, 2.05) is 60.7 Å². The lowest BCUT2D eigenvalue weighted by molar-refractivity contribution is 0.0440. The highest BCUT2D eigenvalue weighted by Gasteiger charge is 2.32. The summed E-state index contributed by atoms with van der Waals surface area (Å²) >= 11 is 0. The Bertz CT molecular complexity index is 1000. The van der Waals surface area contributed by atoms with Crippen molar-refractivity contribution in [3.05, 3.63) is 96.1 Å². The molecule has 6 nitrogen and oxygen atoms in total. The molecule has 6 heteroatoms. The minimum Gasteiger partial charge on any atom is -0.497 e. The van der Waals surface area contributed by atoms with Crippen molar-refractivity contribution in [2.75, 3.05) is 19.0 Å². The first-order valence-electron chi connectivity index (χ1n) is 9.65. The molecule has 1 aliphatic heterocycles. The summed E-state index contributed by atoms with van der Waals surface area (Å²) in [5.41, 5.74) is 2.46. The third-order valence-corrected chi connectivity index (χ3v) is 4.75. The highest BCUT2D eigenvalue weighted by atomic mass is 16.6. The Labute approximate surface area is 175 Å². The summed E-state index contributed by atoms with van der Waals surface area (Å²) in [5.74, 6) is 1.25. The fourth-order valence-electron chi connectivity index (χ4n) is 3.23. The number of anilines is 1. The van der Waals surface area contributed by atoms with E-state index in [4.69, 9.17) is 19.2 Å². The Kier molecular flexibility index (Phi) is 5.94. The Morgan fingerprint density at radius 3 is 2.30 bits per heavy atom. The highest BCUT2D eigenvalue weighted by molar-refractivity contribution is 5.94. The molecule has 30 heavy (non-hydrogen) atoms. The average Bonchev–Trinajstić information content (AvgIpc) is 2.81. The van der Waals surface area contributed by atoms with Crippen LogP contribution in [0.15, 0.2) is 89.9 Å². The monoisotopic (exact) mass is 402 g/mol. The number of aliphatic imine (C=N–C) groups is 1. The molecule has 4 rings (SSSR count). The number of carbonyl (C=O) groups excluding carboxylic acids is 1. The molecule has 0 fully saturated rings. The van der Waals surface area contributed by atoms with Gasteiger partial charge in [-0.05, 0) is 42.0 Å². The van der Waals surface area contributed by atoms with Gasteiger partial charge in [0.05, 0.1) is 7.11 Å². The van der Waals surface area contributed by atoms with E-state index >= 15 is 0 Å². The maximum atomic E-state index is 12.5. The second-order valence-electron chi connectivity index (χ2n) is 6.76. The van der Waals surface area contributed by atoms with Crippen molar-refractivity contribution < 1.29 is 19.0 Å². The summed E-state index contributed by atoms with van der Waals surface area (Å²) in [7, 11) is 1.59. The number of benzene rings is 3. The summed E-state index contributed by atoms with van der Waals surface area (Å²) in [6.45, 7) is 0.212. The molecule has 0 saturated heterocycles. The Morgan fingerprint density at radius 1 is 0.967 bits per heavy atom. The van der Waals surface area contributed by atoms with Gasteiger partial charge in [-0.25, -0.2) is 9.79 Å². The fourth-order valence-corrected chi connectivity index (χ4v) is 3.23. The molecule has 2 unspecified atom stereocenters. The quantitative estimate of drug-likeness (QED) is 0.664. The van der Waals surface area contributed by atoms with Gasteiger partial charge in [0, 0.05) is 11.3 Å². The first kappa shape index (κ1) is 19.5. The van der Waals surface area contributed by atoms with Crippen LogP contribution in [-0.2, 0) is 9.47 Å². The summed E-state index contributed by atoms with van der Waals surface area (Å²) < 4.78 is 16.7. The zero-order chi connectivity index (χ0) is 20.8. The van der Waals surface area contributed by atoms with Crippen molar-refractivity contribution >= 4 is 17.7 Å². The number of rotatable bonds is 5. The number of amides is 1. The first-order chi connectivity index (χ1) is 14.7. The van der Waals surface area contributed by atoms with Gasteiger partial charge in [0.25, 0.3) is 0 Å².